The quantitative estimate of drug-likeness (QED) is 0.700. The summed E-state index contributed by atoms with van der Waals surface area (Å²) in [7, 11) is 0. The van der Waals surface area contributed by atoms with E-state index in [0.717, 1.165) is 0 Å². The molecule has 0 atom stereocenters. The largest absolute Gasteiger partial charge is 0.352 e. The van der Waals surface area contributed by atoms with Crippen molar-refractivity contribution in [1.29, 1.82) is 0 Å². The summed E-state index contributed by atoms with van der Waals surface area (Å²) in [5.41, 5.74) is 1.51. The number of carbonyl (C=O) groups is 2. The van der Waals surface area contributed by atoms with Gasteiger partial charge in [-0.05, 0) is 18.2 Å². The molecule has 0 radical (unpaired) electrons. The van der Waals surface area contributed by atoms with E-state index in [9.17, 15) is 14.0 Å². The van der Waals surface area contributed by atoms with E-state index in [2.05, 4.69) is 15.6 Å². The summed E-state index contributed by atoms with van der Waals surface area (Å²) in [5.74, 6) is -0.873. The van der Waals surface area contributed by atoms with Gasteiger partial charge in [0.2, 0.25) is 5.91 Å². The van der Waals surface area contributed by atoms with E-state index in [1.54, 1.807) is 47.8 Å². The predicted octanol–water partition coefficient (Wildman–Crippen LogP) is 3.39. The third-order valence-electron chi connectivity index (χ3n) is 3.58. The molecule has 1 aromatic heterocycles. The highest BCUT2D eigenvalue weighted by Crippen LogP contribution is 2.17. The van der Waals surface area contributed by atoms with Crippen LogP contribution in [0.1, 0.15) is 21.6 Å². The van der Waals surface area contributed by atoms with E-state index in [1.165, 1.54) is 17.4 Å². The molecule has 0 fully saturated rings. The van der Waals surface area contributed by atoms with Crippen molar-refractivity contribution in [2.75, 3.05) is 5.32 Å². The van der Waals surface area contributed by atoms with Gasteiger partial charge in [0.15, 0.2) is 5.13 Å². The van der Waals surface area contributed by atoms with Crippen LogP contribution in [-0.2, 0) is 17.8 Å². The molecule has 0 unspecified atom stereocenters. The van der Waals surface area contributed by atoms with E-state index >= 15 is 0 Å². The summed E-state index contributed by atoms with van der Waals surface area (Å²) in [6, 6.07) is 15.1. The molecular formula is C19H16FN3O2S. The van der Waals surface area contributed by atoms with Crippen LogP contribution in [-0.4, -0.2) is 16.8 Å². The second-order valence-corrected chi connectivity index (χ2v) is 6.37. The number of rotatable bonds is 6. The maximum atomic E-state index is 13.5. The Morgan fingerprint density at radius 3 is 2.54 bits per heavy atom. The summed E-state index contributed by atoms with van der Waals surface area (Å²) in [4.78, 5) is 28.3. The lowest BCUT2D eigenvalue weighted by atomic mass is 10.2. The average Bonchev–Trinajstić information content (AvgIpc) is 3.08. The van der Waals surface area contributed by atoms with Crippen LogP contribution in [0.5, 0.6) is 0 Å². The molecule has 0 saturated carbocycles. The van der Waals surface area contributed by atoms with Crippen LogP contribution in [0.4, 0.5) is 9.52 Å². The van der Waals surface area contributed by atoms with Gasteiger partial charge in [-0.25, -0.2) is 9.37 Å². The summed E-state index contributed by atoms with van der Waals surface area (Å²) < 4.78 is 13.5. The Balaban J connectivity index is 1.52. The van der Waals surface area contributed by atoms with Crippen LogP contribution in [0.3, 0.4) is 0 Å². The average molecular weight is 369 g/mol. The van der Waals surface area contributed by atoms with Gasteiger partial charge in [-0.1, -0.05) is 36.4 Å². The number of benzene rings is 2. The number of aromatic nitrogens is 1. The van der Waals surface area contributed by atoms with Gasteiger partial charge in [0.05, 0.1) is 12.1 Å². The topological polar surface area (TPSA) is 71.1 Å². The third kappa shape index (κ3) is 4.73. The van der Waals surface area contributed by atoms with E-state index in [0.29, 0.717) is 22.0 Å². The molecule has 0 aliphatic carbocycles. The van der Waals surface area contributed by atoms with Crippen molar-refractivity contribution >= 4 is 28.3 Å². The molecule has 0 aliphatic heterocycles. The normalized spacial score (nSPS) is 10.3. The maximum Gasteiger partial charge on any atom is 0.257 e. The van der Waals surface area contributed by atoms with Crippen LogP contribution in [0.25, 0.3) is 0 Å². The van der Waals surface area contributed by atoms with E-state index in [4.69, 9.17) is 0 Å². The number of amides is 2. The van der Waals surface area contributed by atoms with E-state index < -0.39 is 0 Å². The first kappa shape index (κ1) is 17.8. The zero-order valence-electron chi connectivity index (χ0n) is 13.7. The van der Waals surface area contributed by atoms with Crippen LogP contribution < -0.4 is 10.6 Å². The molecule has 2 amide bonds. The number of hydrogen-bond donors (Lipinski definition) is 2. The van der Waals surface area contributed by atoms with Crippen molar-refractivity contribution in [3.63, 3.8) is 0 Å². The molecular weight excluding hydrogens is 353 g/mol. The molecule has 0 bridgehead atoms. The Bertz CT molecular complexity index is 912. The number of thiazole rings is 1. The Morgan fingerprint density at radius 2 is 1.77 bits per heavy atom. The molecule has 5 nitrogen and oxygen atoms in total. The molecule has 2 N–H and O–H groups in total. The zero-order valence-corrected chi connectivity index (χ0v) is 14.6. The SMILES string of the molecule is O=C(Cc1csc(NC(=O)c2ccccc2)n1)NCc1ccccc1F. The summed E-state index contributed by atoms with van der Waals surface area (Å²) >= 11 is 1.25. The maximum absolute atomic E-state index is 13.5. The monoisotopic (exact) mass is 369 g/mol. The fourth-order valence-electron chi connectivity index (χ4n) is 2.27. The minimum Gasteiger partial charge on any atom is -0.352 e. The van der Waals surface area contributed by atoms with Crippen LogP contribution in [0.2, 0.25) is 0 Å². The summed E-state index contributed by atoms with van der Waals surface area (Å²) in [5, 5.41) is 7.51. The standard InChI is InChI=1S/C19H16FN3O2S/c20-16-9-5-4-8-14(16)11-21-17(24)10-15-12-26-19(22-15)23-18(25)13-6-2-1-3-7-13/h1-9,12H,10-11H2,(H,21,24)(H,22,23,25). The summed E-state index contributed by atoms with van der Waals surface area (Å²) in [6.07, 6.45) is 0.0617. The lowest BCUT2D eigenvalue weighted by molar-refractivity contribution is -0.120. The molecule has 132 valence electrons. The summed E-state index contributed by atoms with van der Waals surface area (Å²) in [6.45, 7) is 0.118. The fourth-order valence-corrected chi connectivity index (χ4v) is 2.97. The van der Waals surface area contributed by atoms with Crippen molar-refractivity contribution in [2.24, 2.45) is 0 Å². The second-order valence-electron chi connectivity index (χ2n) is 5.51. The molecule has 3 rings (SSSR count). The Kier molecular flexibility index (Phi) is 5.70. The Morgan fingerprint density at radius 1 is 1.04 bits per heavy atom. The van der Waals surface area contributed by atoms with Crippen molar-refractivity contribution in [3.8, 4) is 0 Å². The first-order chi connectivity index (χ1) is 12.6. The lowest BCUT2D eigenvalue weighted by Crippen LogP contribution is -2.25. The van der Waals surface area contributed by atoms with Gasteiger partial charge in [-0.2, -0.15) is 0 Å². The molecule has 7 heteroatoms. The first-order valence-corrected chi connectivity index (χ1v) is 8.80. The van der Waals surface area contributed by atoms with Crippen molar-refractivity contribution in [3.05, 3.63) is 82.6 Å². The molecule has 2 aromatic carbocycles. The van der Waals surface area contributed by atoms with Gasteiger partial charge in [-0.3, -0.25) is 14.9 Å². The number of hydrogen-bond acceptors (Lipinski definition) is 4. The number of carbonyl (C=O) groups excluding carboxylic acids is 2. The number of anilines is 1. The smallest absolute Gasteiger partial charge is 0.257 e. The van der Waals surface area contributed by atoms with Gasteiger partial charge in [0, 0.05) is 23.1 Å². The van der Waals surface area contributed by atoms with Gasteiger partial charge >= 0.3 is 0 Å². The molecule has 0 saturated heterocycles. The molecule has 0 spiro atoms. The third-order valence-corrected chi connectivity index (χ3v) is 4.39. The fraction of sp³-hybridized carbons (Fsp3) is 0.105. The van der Waals surface area contributed by atoms with Crippen LogP contribution >= 0.6 is 11.3 Å². The van der Waals surface area contributed by atoms with Gasteiger partial charge < -0.3 is 5.32 Å². The second kappa shape index (κ2) is 8.35. The zero-order chi connectivity index (χ0) is 18.4. The Hall–Kier alpha value is -3.06. The number of nitrogens with one attached hydrogen (secondary N) is 2. The highest BCUT2D eigenvalue weighted by Gasteiger charge is 2.11. The molecule has 3 aromatic rings. The number of nitrogens with zero attached hydrogens (tertiary/aromatic N) is 1. The van der Waals surface area contributed by atoms with Gasteiger partial charge in [-0.15, -0.1) is 11.3 Å². The first-order valence-electron chi connectivity index (χ1n) is 7.93. The van der Waals surface area contributed by atoms with E-state index in [-0.39, 0.29) is 30.6 Å². The van der Waals surface area contributed by atoms with Crippen molar-refractivity contribution in [1.82, 2.24) is 10.3 Å². The number of halogens is 1. The minimum atomic E-state index is -0.354. The van der Waals surface area contributed by atoms with Crippen molar-refractivity contribution < 1.29 is 14.0 Å². The van der Waals surface area contributed by atoms with Gasteiger partial charge in [0.25, 0.3) is 5.91 Å². The lowest BCUT2D eigenvalue weighted by Gasteiger charge is -2.05. The molecule has 1 heterocycles. The Labute approximate surface area is 153 Å². The highest BCUT2D eigenvalue weighted by atomic mass is 32.1. The van der Waals surface area contributed by atoms with Crippen LogP contribution in [0, 0.1) is 5.82 Å². The van der Waals surface area contributed by atoms with Crippen LogP contribution in [0.15, 0.2) is 60.0 Å². The highest BCUT2D eigenvalue weighted by molar-refractivity contribution is 7.14. The van der Waals surface area contributed by atoms with Crippen molar-refractivity contribution in [2.45, 2.75) is 13.0 Å². The molecule has 26 heavy (non-hydrogen) atoms. The van der Waals surface area contributed by atoms with Gasteiger partial charge in [0.1, 0.15) is 5.82 Å². The minimum absolute atomic E-state index is 0.0617. The predicted molar refractivity (Wildman–Crippen MR) is 98.5 cm³/mol. The van der Waals surface area contributed by atoms with E-state index in [1.807, 2.05) is 6.07 Å². The molecule has 0 aliphatic rings.